The quantitative estimate of drug-likeness (QED) is 0.389. The second-order valence-electron chi connectivity index (χ2n) is 6.29. The van der Waals surface area contributed by atoms with Gasteiger partial charge in [-0.25, -0.2) is 24.2 Å². The number of alkyl halides is 4. The lowest BCUT2D eigenvalue weighted by Crippen LogP contribution is -2.33. The van der Waals surface area contributed by atoms with E-state index < -0.39 is 52.9 Å². The zero-order valence-electron chi connectivity index (χ0n) is 15.0. The number of aliphatic hydroxyl groups excluding tert-OH is 1. The molecule has 0 radical (unpaired) electrons. The molecule has 3 heterocycles. The summed E-state index contributed by atoms with van der Waals surface area (Å²) < 4.78 is 85.9. The summed E-state index contributed by atoms with van der Waals surface area (Å²) in [6.07, 6.45) is -10.6. The van der Waals surface area contributed by atoms with Gasteiger partial charge in [-0.3, -0.25) is 4.18 Å². The Balaban J connectivity index is 1.97. The van der Waals surface area contributed by atoms with Crippen molar-refractivity contribution in [2.75, 3.05) is 12.3 Å². The summed E-state index contributed by atoms with van der Waals surface area (Å²) in [5.74, 6) is -0.189. The number of nitrogens with zero attached hydrogens (tertiary/aromatic N) is 4. The van der Waals surface area contributed by atoms with E-state index in [2.05, 4.69) is 19.2 Å². The number of aliphatic hydroxyl groups is 1. The Morgan fingerprint density at radius 1 is 1.43 bits per heavy atom. The minimum absolute atomic E-state index is 0.0480. The van der Waals surface area contributed by atoms with Crippen LogP contribution in [0, 0.1) is 0 Å². The van der Waals surface area contributed by atoms with Gasteiger partial charge >= 0.3 is 16.5 Å². The average molecular weight is 476 g/mol. The lowest BCUT2D eigenvalue weighted by molar-refractivity contribution is -0.125. The van der Waals surface area contributed by atoms with Crippen LogP contribution in [0.1, 0.15) is 13.2 Å². The summed E-state index contributed by atoms with van der Waals surface area (Å²) in [5, 5.41) is 16.5. The van der Waals surface area contributed by atoms with Crippen molar-refractivity contribution in [1.29, 1.82) is 0 Å². The monoisotopic (exact) mass is 476 g/mol. The van der Waals surface area contributed by atoms with Gasteiger partial charge in [0.05, 0.1) is 12.0 Å². The number of aromatic nitrogens is 4. The maximum absolute atomic E-state index is 14.7. The highest BCUT2D eigenvalue weighted by Gasteiger charge is 2.47. The Kier molecular flexibility index (Phi) is 6.14. The molecule has 1 saturated heterocycles. The molecule has 2 aromatic heterocycles. The van der Waals surface area contributed by atoms with E-state index in [1.165, 1.54) is 0 Å². The molecule has 1 fully saturated rings. The van der Waals surface area contributed by atoms with Crippen LogP contribution in [0.5, 0.6) is 0 Å². The van der Waals surface area contributed by atoms with E-state index in [4.69, 9.17) is 15.6 Å². The molecule has 0 amide bonds. The third kappa shape index (κ3) is 4.59. The number of fused-ring (bicyclic) bond motifs is 1. The minimum atomic E-state index is -4.55. The van der Waals surface area contributed by atoms with Gasteiger partial charge in [-0.15, -0.1) is 0 Å². The summed E-state index contributed by atoms with van der Waals surface area (Å²) >= 11 is 0.312. The van der Waals surface area contributed by atoms with Gasteiger partial charge in [0.1, 0.15) is 34.6 Å². The predicted molar refractivity (Wildman–Crippen MR) is 95.0 cm³/mol. The maximum Gasteiger partial charge on any atom is 0.400 e. The molecule has 0 bridgehead atoms. The number of ether oxygens (including phenoxy) is 1. The fraction of sp³-hybridized carbons (Fsp3) is 0.615. The van der Waals surface area contributed by atoms with Crippen LogP contribution in [0.3, 0.4) is 0 Å². The van der Waals surface area contributed by atoms with Crippen LogP contribution in [-0.2, 0) is 19.2 Å². The smallest absolute Gasteiger partial charge is 0.387 e. The van der Waals surface area contributed by atoms with Crippen molar-refractivity contribution in [2.45, 2.75) is 48.0 Å². The third-order valence-corrected chi connectivity index (χ3v) is 5.76. The van der Waals surface area contributed by atoms with Crippen LogP contribution in [0.25, 0.3) is 11.0 Å². The number of nitrogen functional groups attached to an aromatic ring is 1. The Bertz CT molecular complexity index is 1030. The molecule has 0 saturated carbocycles. The summed E-state index contributed by atoms with van der Waals surface area (Å²) in [7, 11) is -4.38. The number of hydrogen-bond acceptors (Lipinski definition) is 10. The van der Waals surface area contributed by atoms with E-state index in [0.29, 0.717) is 11.8 Å². The maximum atomic E-state index is 14.7. The van der Waals surface area contributed by atoms with E-state index in [-0.39, 0.29) is 21.9 Å². The number of thioether (sulfide) groups is 1. The minimum Gasteiger partial charge on any atom is -0.387 e. The molecular weight excluding hydrogens is 460 g/mol. The highest BCUT2D eigenvalue weighted by molar-refractivity contribution is 8.00. The van der Waals surface area contributed by atoms with Gasteiger partial charge in [-0.05, 0) is 6.92 Å². The van der Waals surface area contributed by atoms with Crippen LogP contribution < -0.4 is 10.9 Å². The molecule has 1 aliphatic heterocycles. The summed E-state index contributed by atoms with van der Waals surface area (Å²) in [5.41, 5.74) is 5.62. The predicted octanol–water partition coefficient (Wildman–Crippen LogP) is 0.268. The van der Waals surface area contributed by atoms with Crippen LogP contribution in [-0.4, -0.2) is 69.7 Å². The molecule has 0 aliphatic carbocycles. The molecule has 5 atom stereocenters. The zero-order valence-corrected chi connectivity index (χ0v) is 16.7. The first-order chi connectivity index (χ1) is 13.8. The van der Waals surface area contributed by atoms with Gasteiger partial charge in [0, 0.05) is 0 Å². The molecule has 11 nitrogen and oxygen atoms in total. The highest BCUT2D eigenvalue weighted by atomic mass is 32.2. The SMILES string of the molecule is C[C@@H](Sc1nn([C@@H]2O[C@H](COS(N)(=O)=O)[C@@H](O)[C@@H]2F)c2ncnc(N)c12)C(F)(F)F. The summed E-state index contributed by atoms with van der Waals surface area (Å²) in [4.78, 5) is 7.60. The van der Waals surface area contributed by atoms with Crippen LogP contribution in [0.15, 0.2) is 11.4 Å². The number of rotatable bonds is 6. The molecule has 1 aliphatic rings. The summed E-state index contributed by atoms with van der Waals surface area (Å²) in [6.45, 7) is 0.115. The van der Waals surface area contributed by atoms with Crippen molar-refractivity contribution in [3.8, 4) is 0 Å². The molecule has 5 N–H and O–H groups in total. The van der Waals surface area contributed by atoms with Gasteiger partial charge in [-0.1, -0.05) is 11.8 Å². The van der Waals surface area contributed by atoms with Gasteiger partial charge in [0.25, 0.3) is 0 Å². The standard InChI is InChI=1S/C13H16F4N6O5S2/c1-4(13(15,16)17)29-11-6-9(18)20-3-21-10(6)23(22-11)12-7(14)8(24)5(28-12)2-27-30(19,25)26/h3-5,7-8,12,24H,2H2,1H3,(H2,18,20,21)(H2,19,25,26)/t4-,5-,7+,8-,12-/m1/s1. The van der Waals surface area contributed by atoms with E-state index >= 15 is 0 Å². The van der Waals surface area contributed by atoms with Gasteiger partial charge in [0.15, 0.2) is 18.0 Å². The van der Waals surface area contributed by atoms with Gasteiger partial charge in [-0.2, -0.15) is 26.7 Å². The molecule has 168 valence electrons. The van der Waals surface area contributed by atoms with Crippen molar-refractivity contribution < 1.29 is 40.0 Å². The molecule has 2 aromatic rings. The van der Waals surface area contributed by atoms with Crippen LogP contribution in [0.4, 0.5) is 23.4 Å². The number of nitrogens with two attached hydrogens (primary N) is 2. The lowest BCUT2D eigenvalue weighted by atomic mass is 10.1. The lowest BCUT2D eigenvalue weighted by Gasteiger charge is -2.15. The average Bonchev–Trinajstić information content (AvgIpc) is 3.11. The van der Waals surface area contributed by atoms with Crippen LogP contribution in [0.2, 0.25) is 0 Å². The van der Waals surface area contributed by atoms with E-state index in [1.807, 2.05) is 0 Å². The summed E-state index contributed by atoms with van der Waals surface area (Å²) in [6, 6.07) is 0. The number of hydrogen-bond donors (Lipinski definition) is 3. The molecule has 0 unspecified atom stereocenters. The molecule has 0 aromatic carbocycles. The van der Waals surface area contributed by atoms with Gasteiger partial charge in [0.2, 0.25) is 0 Å². The normalized spacial score (nSPS) is 26.4. The van der Waals surface area contributed by atoms with E-state index in [1.54, 1.807) is 0 Å². The van der Waals surface area contributed by atoms with Crippen LogP contribution >= 0.6 is 11.8 Å². The van der Waals surface area contributed by atoms with E-state index in [0.717, 1.165) is 17.9 Å². The Morgan fingerprint density at radius 2 is 2.10 bits per heavy atom. The first kappa shape index (κ1) is 22.9. The van der Waals surface area contributed by atoms with Crippen molar-refractivity contribution >= 4 is 38.9 Å². The highest BCUT2D eigenvalue weighted by Crippen LogP contribution is 2.41. The molecule has 0 spiro atoms. The molecule has 3 rings (SSSR count). The fourth-order valence-corrected chi connectivity index (χ4v) is 3.90. The van der Waals surface area contributed by atoms with E-state index in [9.17, 15) is 31.1 Å². The Hall–Kier alpha value is -1.79. The topological polar surface area (TPSA) is 168 Å². The van der Waals surface area contributed by atoms with Crippen molar-refractivity contribution in [3.63, 3.8) is 0 Å². The second kappa shape index (κ2) is 8.04. The Morgan fingerprint density at radius 3 is 2.70 bits per heavy atom. The van der Waals surface area contributed by atoms with Gasteiger partial charge < -0.3 is 15.6 Å². The number of anilines is 1. The zero-order chi connectivity index (χ0) is 22.4. The van der Waals surface area contributed by atoms with Crippen molar-refractivity contribution in [3.05, 3.63) is 6.33 Å². The largest absolute Gasteiger partial charge is 0.400 e. The van der Waals surface area contributed by atoms with Crippen molar-refractivity contribution in [1.82, 2.24) is 19.7 Å². The first-order valence-corrected chi connectivity index (χ1v) is 10.5. The Labute approximate surface area is 171 Å². The first-order valence-electron chi connectivity index (χ1n) is 8.16. The third-order valence-electron chi connectivity index (χ3n) is 4.17. The molecule has 17 heteroatoms. The molecular formula is C13H16F4N6O5S2. The second-order valence-corrected chi connectivity index (χ2v) is 8.84. The fourth-order valence-electron chi connectivity index (χ4n) is 2.66. The van der Waals surface area contributed by atoms with Crippen molar-refractivity contribution in [2.24, 2.45) is 5.14 Å². The molecule has 30 heavy (non-hydrogen) atoms. The number of halogens is 4.